The Balaban J connectivity index is 1.29. The molecule has 1 atom stereocenters. The van der Waals surface area contributed by atoms with Crippen molar-refractivity contribution in [2.24, 2.45) is 0 Å². The van der Waals surface area contributed by atoms with Crippen LogP contribution in [-0.2, 0) is 0 Å². The lowest BCUT2D eigenvalue weighted by molar-refractivity contribution is 1.02. The van der Waals surface area contributed by atoms with Gasteiger partial charge in [-0.1, -0.05) is 103 Å². The SMILES string of the molecule is c1ccc(-c2ccc(Nc3ccc4c(c3)-c3cc5ccccc5cc3C4c3ccccc3)cc2)cc1. The van der Waals surface area contributed by atoms with Gasteiger partial charge in [-0.2, -0.15) is 0 Å². The standard InChI is InChI=1S/C35H25N/c1-3-9-24(10-4-1)25-15-17-29(18-16-25)36-30-19-20-31-33(23-30)32-21-27-13-7-8-14-28(27)22-34(32)35(31)26-11-5-2-6-12-26/h1-23,35-36H. The molecular weight excluding hydrogens is 434 g/mol. The van der Waals surface area contributed by atoms with Crippen molar-refractivity contribution >= 4 is 22.1 Å². The summed E-state index contributed by atoms with van der Waals surface area (Å²) in [6.07, 6.45) is 0. The van der Waals surface area contributed by atoms with Crippen LogP contribution in [-0.4, -0.2) is 0 Å². The van der Waals surface area contributed by atoms with Gasteiger partial charge in [0.05, 0.1) is 0 Å². The molecule has 1 heteroatoms. The van der Waals surface area contributed by atoms with E-state index in [0.29, 0.717) is 0 Å². The summed E-state index contributed by atoms with van der Waals surface area (Å²) < 4.78 is 0. The zero-order valence-electron chi connectivity index (χ0n) is 19.9. The third-order valence-electron chi connectivity index (χ3n) is 7.30. The van der Waals surface area contributed by atoms with Crippen molar-refractivity contribution < 1.29 is 0 Å². The maximum Gasteiger partial charge on any atom is 0.0390 e. The summed E-state index contributed by atoms with van der Waals surface area (Å²) in [5.74, 6) is 0.250. The second-order valence-electron chi connectivity index (χ2n) is 9.50. The van der Waals surface area contributed by atoms with Crippen molar-refractivity contribution in [3.05, 3.63) is 156 Å². The molecule has 1 aliphatic carbocycles. The van der Waals surface area contributed by atoms with E-state index >= 15 is 0 Å². The zero-order chi connectivity index (χ0) is 23.9. The molecule has 0 aliphatic heterocycles. The van der Waals surface area contributed by atoms with E-state index in [0.717, 1.165) is 11.4 Å². The van der Waals surface area contributed by atoms with Crippen molar-refractivity contribution in [1.82, 2.24) is 0 Å². The van der Waals surface area contributed by atoms with Gasteiger partial charge in [-0.15, -0.1) is 0 Å². The van der Waals surface area contributed by atoms with Gasteiger partial charge in [0.25, 0.3) is 0 Å². The van der Waals surface area contributed by atoms with Gasteiger partial charge in [0.1, 0.15) is 0 Å². The third kappa shape index (κ3) is 3.57. The van der Waals surface area contributed by atoms with Crippen LogP contribution in [0, 0.1) is 0 Å². The summed E-state index contributed by atoms with van der Waals surface area (Å²) >= 11 is 0. The van der Waals surface area contributed by atoms with E-state index < -0.39 is 0 Å². The lowest BCUT2D eigenvalue weighted by Gasteiger charge is -2.15. The first-order chi connectivity index (χ1) is 17.8. The fourth-order valence-electron chi connectivity index (χ4n) is 5.56. The summed E-state index contributed by atoms with van der Waals surface area (Å²) in [5, 5.41) is 6.21. The summed E-state index contributed by atoms with van der Waals surface area (Å²) in [6.45, 7) is 0. The van der Waals surface area contributed by atoms with Gasteiger partial charge in [0.2, 0.25) is 0 Å². The molecule has 0 amide bonds. The van der Waals surface area contributed by atoms with E-state index in [1.54, 1.807) is 0 Å². The van der Waals surface area contributed by atoms with Gasteiger partial charge in [-0.25, -0.2) is 0 Å². The van der Waals surface area contributed by atoms with Gasteiger partial charge >= 0.3 is 0 Å². The Hall–Kier alpha value is -4.62. The van der Waals surface area contributed by atoms with Crippen LogP contribution in [0.2, 0.25) is 0 Å². The molecule has 7 rings (SSSR count). The molecule has 170 valence electrons. The topological polar surface area (TPSA) is 12.0 Å². The highest BCUT2D eigenvalue weighted by Crippen LogP contribution is 2.50. The van der Waals surface area contributed by atoms with E-state index in [1.807, 2.05) is 0 Å². The zero-order valence-corrected chi connectivity index (χ0v) is 19.9. The molecule has 1 nitrogen and oxygen atoms in total. The number of nitrogens with one attached hydrogen (secondary N) is 1. The Morgan fingerprint density at radius 2 is 1.00 bits per heavy atom. The maximum atomic E-state index is 3.63. The van der Waals surface area contributed by atoms with Crippen LogP contribution in [0.4, 0.5) is 11.4 Å². The molecule has 0 spiro atoms. The molecule has 0 radical (unpaired) electrons. The van der Waals surface area contributed by atoms with Gasteiger partial charge < -0.3 is 5.32 Å². The fourth-order valence-corrected chi connectivity index (χ4v) is 5.56. The smallest absolute Gasteiger partial charge is 0.0390 e. The Bertz CT molecular complexity index is 1680. The molecular formula is C35H25N. The molecule has 0 fully saturated rings. The monoisotopic (exact) mass is 459 g/mol. The summed E-state index contributed by atoms with van der Waals surface area (Å²) in [4.78, 5) is 0. The van der Waals surface area contributed by atoms with E-state index in [1.165, 1.54) is 49.7 Å². The largest absolute Gasteiger partial charge is 0.356 e. The number of hydrogen-bond donors (Lipinski definition) is 1. The number of rotatable bonds is 4. The number of benzene rings is 6. The summed E-state index contributed by atoms with van der Waals surface area (Å²) in [7, 11) is 0. The second kappa shape index (κ2) is 8.55. The van der Waals surface area contributed by atoms with Crippen molar-refractivity contribution in [3.8, 4) is 22.3 Å². The average molecular weight is 460 g/mol. The fraction of sp³-hybridized carbons (Fsp3) is 0.0286. The highest BCUT2D eigenvalue weighted by Gasteiger charge is 2.30. The van der Waals surface area contributed by atoms with Crippen LogP contribution in [0.1, 0.15) is 22.6 Å². The Morgan fingerprint density at radius 3 is 1.75 bits per heavy atom. The minimum absolute atomic E-state index is 0.250. The second-order valence-corrected chi connectivity index (χ2v) is 9.50. The molecule has 1 aliphatic rings. The molecule has 0 bridgehead atoms. The number of anilines is 2. The summed E-state index contributed by atoms with van der Waals surface area (Å²) in [6, 6.07) is 50.3. The maximum absolute atomic E-state index is 3.63. The first kappa shape index (κ1) is 20.7. The van der Waals surface area contributed by atoms with Gasteiger partial charge in [-0.3, -0.25) is 0 Å². The van der Waals surface area contributed by atoms with Crippen LogP contribution in [0.15, 0.2) is 140 Å². The van der Waals surface area contributed by atoms with Crippen molar-refractivity contribution in [3.63, 3.8) is 0 Å². The van der Waals surface area contributed by atoms with Crippen LogP contribution in [0.25, 0.3) is 33.0 Å². The highest BCUT2D eigenvalue weighted by molar-refractivity contribution is 5.94. The molecule has 6 aromatic carbocycles. The molecule has 1 N–H and O–H groups in total. The number of fused-ring (bicyclic) bond motifs is 4. The molecule has 0 saturated heterocycles. The molecule has 1 unspecified atom stereocenters. The van der Waals surface area contributed by atoms with Crippen LogP contribution in [0.5, 0.6) is 0 Å². The Morgan fingerprint density at radius 1 is 0.417 bits per heavy atom. The van der Waals surface area contributed by atoms with Crippen LogP contribution >= 0.6 is 0 Å². The Kier molecular flexibility index (Phi) is 4.92. The van der Waals surface area contributed by atoms with Gasteiger partial charge in [0, 0.05) is 17.3 Å². The molecule has 36 heavy (non-hydrogen) atoms. The third-order valence-corrected chi connectivity index (χ3v) is 7.30. The average Bonchev–Trinajstić information content (AvgIpc) is 3.25. The number of hydrogen-bond acceptors (Lipinski definition) is 1. The summed E-state index contributed by atoms with van der Waals surface area (Å²) in [5.41, 5.74) is 11.4. The molecule has 6 aromatic rings. The van der Waals surface area contributed by atoms with E-state index in [-0.39, 0.29) is 5.92 Å². The Labute approximate surface area is 211 Å². The van der Waals surface area contributed by atoms with Gasteiger partial charge in [0.15, 0.2) is 0 Å². The lowest BCUT2D eigenvalue weighted by atomic mass is 9.88. The van der Waals surface area contributed by atoms with E-state index in [4.69, 9.17) is 0 Å². The molecule has 0 aromatic heterocycles. The lowest BCUT2D eigenvalue weighted by Crippen LogP contribution is -1.99. The predicted octanol–water partition coefficient (Wildman–Crippen LogP) is 9.41. The van der Waals surface area contributed by atoms with Crippen molar-refractivity contribution in [2.45, 2.75) is 5.92 Å². The van der Waals surface area contributed by atoms with Gasteiger partial charge in [-0.05, 0) is 86.1 Å². The van der Waals surface area contributed by atoms with Crippen molar-refractivity contribution in [1.29, 1.82) is 0 Å². The van der Waals surface area contributed by atoms with E-state index in [9.17, 15) is 0 Å². The minimum Gasteiger partial charge on any atom is -0.356 e. The predicted molar refractivity (Wildman–Crippen MR) is 152 cm³/mol. The van der Waals surface area contributed by atoms with Crippen LogP contribution < -0.4 is 5.32 Å². The van der Waals surface area contributed by atoms with Crippen molar-refractivity contribution in [2.75, 3.05) is 5.32 Å². The van der Waals surface area contributed by atoms with E-state index in [2.05, 4.69) is 145 Å². The normalized spacial score (nSPS) is 13.8. The first-order valence-electron chi connectivity index (χ1n) is 12.5. The highest BCUT2D eigenvalue weighted by atomic mass is 14.9. The first-order valence-corrected chi connectivity index (χ1v) is 12.5. The molecule has 0 heterocycles. The van der Waals surface area contributed by atoms with Crippen LogP contribution in [0.3, 0.4) is 0 Å². The molecule has 0 saturated carbocycles. The quantitative estimate of drug-likeness (QED) is 0.276. The minimum atomic E-state index is 0.250.